The first kappa shape index (κ1) is 22.7. The van der Waals surface area contributed by atoms with Crippen molar-refractivity contribution in [1.82, 2.24) is 25.1 Å². The average Bonchev–Trinajstić information content (AvgIpc) is 2.83. The zero-order chi connectivity index (χ0) is 23.2. The number of nitrogens with one attached hydrogen (secondary N) is 2. The first-order valence-electron chi connectivity index (χ1n) is 11.2. The fourth-order valence-corrected chi connectivity index (χ4v) is 4.08. The molecule has 0 radical (unpaired) electrons. The van der Waals surface area contributed by atoms with Crippen molar-refractivity contribution in [3.05, 3.63) is 48.3 Å². The molecule has 2 N–H and O–H groups in total. The Balaban J connectivity index is 1.32. The van der Waals surface area contributed by atoms with Crippen molar-refractivity contribution < 1.29 is 14.4 Å². The van der Waals surface area contributed by atoms with Gasteiger partial charge >= 0.3 is 0 Å². The normalized spacial score (nSPS) is 19.2. The first-order valence-corrected chi connectivity index (χ1v) is 11.2. The molecule has 0 aliphatic carbocycles. The summed E-state index contributed by atoms with van der Waals surface area (Å²) in [6.45, 7) is 5.81. The van der Waals surface area contributed by atoms with E-state index in [1.165, 1.54) is 0 Å². The van der Waals surface area contributed by atoms with E-state index in [1.54, 1.807) is 23.4 Å². The van der Waals surface area contributed by atoms with Gasteiger partial charge in [0.05, 0.1) is 13.0 Å². The molecule has 1 aromatic heterocycles. The van der Waals surface area contributed by atoms with Crippen LogP contribution in [0.4, 0.5) is 11.6 Å². The monoisotopic (exact) mass is 451 g/mol. The summed E-state index contributed by atoms with van der Waals surface area (Å²) in [5, 5.41) is 5.59. The lowest BCUT2D eigenvalue weighted by Crippen LogP contribution is -2.60. The second-order valence-electron chi connectivity index (χ2n) is 8.32. The van der Waals surface area contributed by atoms with Gasteiger partial charge in [0.2, 0.25) is 23.7 Å². The number of nitrogens with zero attached hydrogens (tertiary/aromatic N) is 5. The van der Waals surface area contributed by atoms with Gasteiger partial charge in [-0.3, -0.25) is 19.3 Å². The molecule has 2 aliphatic heterocycles. The predicted octanol–water partition coefficient (Wildman–Crippen LogP) is 0.263. The number of hydrogen-bond acceptors (Lipinski definition) is 7. The largest absolute Gasteiger partial charge is 0.353 e. The molecule has 3 amide bonds. The van der Waals surface area contributed by atoms with Crippen molar-refractivity contribution in [2.45, 2.75) is 19.4 Å². The summed E-state index contributed by atoms with van der Waals surface area (Å²) >= 11 is 0. The van der Waals surface area contributed by atoms with E-state index in [0.717, 1.165) is 18.7 Å². The summed E-state index contributed by atoms with van der Waals surface area (Å²) in [4.78, 5) is 52.4. The van der Waals surface area contributed by atoms with E-state index >= 15 is 0 Å². The summed E-state index contributed by atoms with van der Waals surface area (Å²) in [6, 6.07) is 8.42. The molecule has 0 saturated carbocycles. The summed E-state index contributed by atoms with van der Waals surface area (Å²) in [5.41, 5.74) is 1.76. The van der Waals surface area contributed by atoms with Crippen LogP contribution in [0.15, 0.2) is 42.7 Å². The lowest BCUT2D eigenvalue weighted by Gasteiger charge is -2.38. The van der Waals surface area contributed by atoms with Crippen LogP contribution in [0.1, 0.15) is 12.0 Å². The van der Waals surface area contributed by atoms with Crippen LogP contribution < -0.4 is 15.5 Å². The molecule has 10 heteroatoms. The van der Waals surface area contributed by atoms with E-state index < -0.39 is 6.04 Å². The van der Waals surface area contributed by atoms with Crippen LogP contribution in [0, 0.1) is 6.92 Å². The highest BCUT2D eigenvalue weighted by Crippen LogP contribution is 2.15. The van der Waals surface area contributed by atoms with Gasteiger partial charge in [-0.2, -0.15) is 0 Å². The zero-order valence-corrected chi connectivity index (χ0v) is 18.7. The maximum atomic E-state index is 13.1. The fourth-order valence-electron chi connectivity index (χ4n) is 4.08. The molecule has 174 valence electrons. The second-order valence-corrected chi connectivity index (χ2v) is 8.32. The van der Waals surface area contributed by atoms with Gasteiger partial charge in [0.25, 0.3) is 0 Å². The van der Waals surface area contributed by atoms with Gasteiger partial charge in [0.15, 0.2) is 0 Å². The van der Waals surface area contributed by atoms with Crippen molar-refractivity contribution >= 4 is 29.4 Å². The van der Waals surface area contributed by atoms with Crippen molar-refractivity contribution in [1.29, 1.82) is 0 Å². The molecular formula is C23H29N7O3. The number of piperazine rings is 2. The Kier molecular flexibility index (Phi) is 7.13. The number of aromatic nitrogens is 2. The maximum Gasteiger partial charge on any atom is 0.243 e. The molecule has 0 spiro atoms. The van der Waals surface area contributed by atoms with Crippen LogP contribution in [-0.4, -0.2) is 89.3 Å². The molecule has 2 aliphatic rings. The molecule has 2 saturated heterocycles. The summed E-state index contributed by atoms with van der Waals surface area (Å²) in [6.07, 6.45) is 3.36. The first-order chi connectivity index (χ1) is 16.0. The van der Waals surface area contributed by atoms with Gasteiger partial charge in [-0.1, -0.05) is 17.7 Å². The Bertz CT molecular complexity index is 975. The fraction of sp³-hybridized carbons (Fsp3) is 0.435. The Morgan fingerprint density at radius 3 is 2.45 bits per heavy atom. The van der Waals surface area contributed by atoms with Crippen LogP contribution in [0.25, 0.3) is 0 Å². The van der Waals surface area contributed by atoms with E-state index in [4.69, 9.17) is 0 Å². The molecule has 2 fully saturated rings. The molecule has 33 heavy (non-hydrogen) atoms. The summed E-state index contributed by atoms with van der Waals surface area (Å²) < 4.78 is 0. The standard InChI is InChI=1S/C23H29N7O3/c1-17-3-5-18(6-4-17)27-20(31)15-19-22(33)24-9-10-30(19)21(32)16-28-11-13-29(14-12-28)23-25-7-2-8-26-23/h2-8,19H,9-16H2,1H3,(H,24,33)(H,27,31)/t19-/m1/s1. The van der Waals surface area contributed by atoms with Crippen LogP contribution in [-0.2, 0) is 14.4 Å². The quantitative estimate of drug-likeness (QED) is 0.648. The minimum Gasteiger partial charge on any atom is -0.353 e. The Hall–Kier alpha value is -3.53. The molecule has 4 rings (SSSR count). The number of amides is 3. The number of rotatable bonds is 6. The molecule has 2 aromatic rings. The molecular weight excluding hydrogens is 422 g/mol. The maximum absolute atomic E-state index is 13.1. The lowest BCUT2D eigenvalue weighted by atomic mass is 10.1. The molecule has 10 nitrogen and oxygen atoms in total. The van der Waals surface area contributed by atoms with E-state index in [-0.39, 0.29) is 30.7 Å². The molecule has 0 bridgehead atoms. The van der Waals surface area contributed by atoms with E-state index in [2.05, 4.69) is 30.4 Å². The number of aryl methyl sites for hydroxylation is 1. The SMILES string of the molecule is Cc1ccc(NC(=O)C[C@@H]2C(=O)NCCN2C(=O)CN2CCN(c3ncccn3)CC2)cc1. The number of carbonyl (C=O) groups is 3. The zero-order valence-electron chi connectivity index (χ0n) is 18.7. The third-order valence-corrected chi connectivity index (χ3v) is 5.93. The van der Waals surface area contributed by atoms with E-state index in [0.29, 0.717) is 37.8 Å². The van der Waals surface area contributed by atoms with Gasteiger partial charge in [0.1, 0.15) is 6.04 Å². The van der Waals surface area contributed by atoms with Crippen LogP contribution in [0.5, 0.6) is 0 Å². The van der Waals surface area contributed by atoms with Crippen molar-refractivity contribution in [2.75, 3.05) is 56.0 Å². The minimum absolute atomic E-state index is 0.0788. The van der Waals surface area contributed by atoms with Crippen molar-refractivity contribution in [3.63, 3.8) is 0 Å². The molecule has 1 aromatic carbocycles. The number of carbonyl (C=O) groups excluding carboxylic acids is 3. The number of hydrogen-bond donors (Lipinski definition) is 2. The van der Waals surface area contributed by atoms with Crippen molar-refractivity contribution in [2.24, 2.45) is 0 Å². The molecule has 1 atom stereocenters. The highest BCUT2D eigenvalue weighted by atomic mass is 16.2. The minimum atomic E-state index is -0.810. The summed E-state index contributed by atoms with van der Waals surface area (Å²) in [7, 11) is 0. The van der Waals surface area contributed by atoms with E-state index in [1.807, 2.05) is 31.2 Å². The predicted molar refractivity (Wildman–Crippen MR) is 124 cm³/mol. The number of anilines is 2. The highest BCUT2D eigenvalue weighted by molar-refractivity contribution is 5.97. The smallest absolute Gasteiger partial charge is 0.243 e. The van der Waals surface area contributed by atoms with Gasteiger partial charge < -0.3 is 20.4 Å². The van der Waals surface area contributed by atoms with Gasteiger partial charge in [-0.25, -0.2) is 9.97 Å². The Morgan fingerprint density at radius 2 is 1.76 bits per heavy atom. The lowest BCUT2D eigenvalue weighted by molar-refractivity contribution is -0.145. The van der Waals surface area contributed by atoms with Gasteiger partial charge in [0, 0.05) is 57.3 Å². The molecule has 0 unspecified atom stereocenters. The van der Waals surface area contributed by atoms with Crippen molar-refractivity contribution in [3.8, 4) is 0 Å². The van der Waals surface area contributed by atoms with Crippen LogP contribution >= 0.6 is 0 Å². The Labute approximate surface area is 193 Å². The van der Waals surface area contributed by atoms with Gasteiger partial charge in [-0.05, 0) is 25.1 Å². The third-order valence-electron chi connectivity index (χ3n) is 5.93. The highest BCUT2D eigenvalue weighted by Gasteiger charge is 2.35. The summed E-state index contributed by atoms with van der Waals surface area (Å²) in [5.74, 6) is -0.0342. The number of benzene rings is 1. The molecule has 3 heterocycles. The van der Waals surface area contributed by atoms with Crippen LogP contribution in [0.2, 0.25) is 0 Å². The average molecular weight is 452 g/mol. The Morgan fingerprint density at radius 1 is 1.06 bits per heavy atom. The third kappa shape index (κ3) is 5.83. The van der Waals surface area contributed by atoms with Crippen LogP contribution in [0.3, 0.4) is 0 Å². The van der Waals surface area contributed by atoms with Gasteiger partial charge in [-0.15, -0.1) is 0 Å². The second kappa shape index (κ2) is 10.4. The topological polar surface area (TPSA) is 111 Å². The van der Waals surface area contributed by atoms with E-state index in [9.17, 15) is 14.4 Å².